The van der Waals surface area contributed by atoms with E-state index in [4.69, 9.17) is 23.2 Å². The minimum atomic E-state index is -0.107. The van der Waals surface area contributed by atoms with E-state index in [0.29, 0.717) is 16.7 Å². The van der Waals surface area contributed by atoms with Crippen molar-refractivity contribution in [2.45, 2.75) is 39.5 Å². The van der Waals surface area contributed by atoms with Crippen molar-refractivity contribution in [3.63, 3.8) is 0 Å². The summed E-state index contributed by atoms with van der Waals surface area (Å²) in [6, 6.07) is 7.47. The van der Waals surface area contributed by atoms with Gasteiger partial charge in [0.1, 0.15) is 0 Å². The summed E-state index contributed by atoms with van der Waals surface area (Å²) < 4.78 is 0. The van der Waals surface area contributed by atoms with Gasteiger partial charge in [-0.3, -0.25) is 4.79 Å². The fourth-order valence-corrected chi connectivity index (χ4v) is 3.96. The first-order valence-corrected chi connectivity index (χ1v) is 10.1. The summed E-state index contributed by atoms with van der Waals surface area (Å²) in [5.41, 5.74) is 2.99. The van der Waals surface area contributed by atoms with Crippen LogP contribution in [-0.4, -0.2) is 29.2 Å². The molecule has 144 valence electrons. The molecule has 1 aromatic heterocycles. The molecule has 1 aliphatic heterocycles. The third-order valence-corrected chi connectivity index (χ3v) is 5.61. The second-order valence-corrected chi connectivity index (χ2v) is 7.55. The van der Waals surface area contributed by atoms with Gasteiger partial charge in [0, 0.05) is 23.8 Å². The number of amides is 1. The SMILES string of the molecule is CCc1ccc(Cl)c(CC)c1NC(=O)[C@@H]1CCCN(c2ccc(Cl)nn2)C1. The molecule has 7 heteroatoms. The van der Waals surface area contributed by atoms with Crippen LogP contribution in [0.4, 0.5) is 11.5 Å². The molecular formula is C20H24Cl2N4O. The number of aryl methyl sites for hydroxylation is 1. The van der Waals surface area contributed by atoms with Crippen LogP contribution in [0.5, 0.6) is 0 Å². The highest BCUT2D eigenvalue weighted by molar-refractivity contribution is 6.32. The second kappa shape index (κ2) is 8.89. The smallest absolute Gasteiger partial charge is 0.229 e. The summed E-state index contributed by atoms with van der Waals surface area (Å²) in [4.78, 5) is 15.1. The average molecular weight is 407 g/mol. The predicted molar refractivity (Wildman–Crippen MR) is 111 cm³/mol. The maximum absolute atomic E-state index is 13.0. The Morgan fingerprint density at radius 3 is 2.67 bits per heavy atom. The largest absolute Gasteiger partial charge is 0.354 e. The molecule has 1 aliphatic rings. The molecule has 2 heterocycles. The van der Waals surface area contributed by atoms with E-state index in [2.05, 4.69) is 34.3 Å². The minimum absolute atomic E-state index is 0.0355. The standard InChI is InChI=1S/C20H24Cl2N4O/c1-3-13-7-8-16(21)15(4-2)19(13)23-20(27)14-6-5-11-26(12-14)18-10-9-17(22)24-25-18/h7-10,14H,3-6,11-12H2,1-2H3,(H,23,27)/t14-/m1/s1. The van der Waals surface area contributed by atoms with Crippen LogP contribution < -0.4 is 10.2 Å². The number of anilines is 2. The maximum Gasteiger partial charge on any atom is 0.229 e. The third kappa shape index (κ3) is 4.53. The van der Waals surface area contributed by atoms with E-state index in [9.17, 15) is 4.79 Å². The molecule has 5 nitrogen and oxygen atoms in total. The lowest BCUT2D eigenvalue weighted by Crippen LogP contribution is -2.41. The Hall–Kier alpha value is -1.85. The highest BCUT2D eigenvalue weighted by Gasteiger charge is 2.27. The van der Waals surface area contributed by atoms with Crippen LogP contribution in [0, 0.1) is 5.92 Å². The lowest BCUT2D eigenvalue weighted by Gasteiger charge is -2.32. The second-order valence-electron chi connectivity index (χ2n) is 6.76. The topological polar surface area (TPSA) is 58.1 Å². The Labute approximate surface area is 170 Å². The molecule has 0 bridgehead atoms. The molecule has 0 spiro atoms. The molecule has 0 aliphatic carbocycles. The van der Waals surface area contributed by atoms with E-state index >= 15 is 0 Å². The Morgan fingerprint density at radius 1 is 1.19 bits per heavy atom. The molecule has 0 unspecified atom stereocenters. The quantitative estimate of drug-likeness (QED) is 0.776. The molecule has 27 heavy (non-hydrogen) atoms. The van der Waals surface area contributed by atoms with Crippen molar-refractivity contribution in [3.05, 3.63) is 45.6 Å². The van der Waals surface area contributed by atoms with Crippen molar-refractivity contribution in [1.29, 1.82) is 0 Å². The number of halogens is 2. The van der Waals surface area contributed by atoms with Crippen molar-refractivity contribution in [1.82, 2.24) is 10.2 Å². The van der Waals surface area contributed by atoms with Crippen LogP contribution in [0.25, 0.3) is 0 Å². The number of aromatic nitrogens is 2. The molecule has 1 aromatic carbocycles. The van der Waals surface area contributed by atoms with Gasteiger partial charge in [0.2, 0.25) is 5.91 Å². The van der Waals surface area contributed by atoms with Crippen LogP contribution in [0.15, 0.2) is 24.3 Å². The van der Waals surface area contributed by atoms with Gasteiger partial charge >= 0.3 is 0 Å². The van der Waals surface area contributed by atoms with Gasteiger partial charge in [0.05, 0.1) is 5.92 Å². The minimum Gasteiger partial charge on any atom is -0.354 e. The molecule has 3 rings (SSSR count). The van der Waals surface area contributed by atoms with Gasteiger partial charge in [-0.1, -0.05) is 43.1 Å². The van der Waals surface area contributed by atoms with E-state index in [1.54, 1.807) is 6.07 Å². The molecule has 1 fully saturated rings. The van der Waals surface area contributed by atoms with Gasteiger partial charge in [0.15, 0.2) is 11.0 Å². The first-order valence-electron chi connectivity index (χ1n) is 9.38. The fraction of sp³-hybridized carbons (Fsp3) is 0.450. The first-order chi connectivity index (χ1) is 13.0. The van der Waals surface area contributed by atoms with E-state index in [1.165, 1.54) is 0 Å². The number of piperidine rings is 1. The van der Waals surface area contributed by atoms with Crippen molar-refractivity contribution in [3.8, 4) is 0 Å². The molecule has 2 aromatic rings. The van der Waals surface area contributed by atoms with E-state index in [-0.39, 0.29) is 11.8 Å². The highest BCUT2D eigenvalue weighted by Crippen LogP contribution is 2.31. The van der Waals surface area contributed by atoms with Gasteiger partial charge in [0.25, 0.3) is 0 Å². The van der Waals surface area contributed by atoms with Crippen LogP contribution in [0.1, 0.15) is 37.8 Å². The van der Waals surface area contributed by atoms with Gasteiger partial charge < -0.3 is 10.2 Å². The maximum atomic E-state index is 13.0. The lowest BCUT2D eigenvalue weighted by molar-refractivity contribution is -0.120. The normalized spacial score (nSPS) is 17.0. The number of rotatable bonds is 5. The van der Waals surface area contributed by atoms with Crippen LogP contribution >= 0.6 is 23.2 Å². The Morgan fingerprint density at radius 2 is 2.00 bits per heavy atom. The average Bonchev–Trinajstić information content (AvgIpc) is 2.69. The Balaban J connectivity index is 1.76. The van der Waals surface area contributed by atoms with E-state index < -0.39 is 0 Å². The van der Waals surface area contributed by atoms with Gasteiger partial charge in [-0.25, -0.2) is 0 Å². The first kappa shape index (κ1) is 19.9. The third-order valence-electron chi connectivity index (χ3n) is 5.06. The summed E-state index contributed by atoms with van der Waals surface area (Å²) >= 11 is 12.2. The number of hydrogen-bond donors (Lipinski definition) is 1. The lowest BCUT2D eigenvalue weighted by atomic mass is 9.96. The number of carbonyl (C=O) groups is 1. The molecule has 1 atom stereocenters. The molecule has 1 amide bonds. The summed E-state index contributed by atoms with van der Waals surface area (Å²) in [7, 11) is 0. The predicted octanol–water partition coefficient (Wildman–Crippen LogP) is 4.76. The summed E-state index contributed by atoms with van der Waals surface area (Å²) in [6.07, 6.45) is 3.41. The number of hydrogen-bond acceptors (Lipinski definition) is 4. The summed E-state index contributed by atoms with van der Waals surface area (Å²) in [5.74, 6) is 0.682. The molecule has 1 N–H and O–H groups in total. The van der Waals surface area contributed by atoms with E-state index in [1.807, 2.05) is 18.2 Å². The summed E-state index contributed by atoms with van der Waals surface area (Å²) in [5, 5.41) is 12.3. The zero-order valence-electron chi connectivity index (χ0n) is 15.6. The monoisotopic (exact) mass is 406 g/mol. The van der Waals surface area contributed by atoms with Crippen molar-refractivity contribution < 1.29 is 4.79 Å². The Bertz CT molecular complexity index is 810. The van der Waals surface area contributed by atoms with Crippen LogP contribution in [0.2, 0.25) is 10.2 Å². The number of carbonyl (C=O) groups excluding carboxylic acids is 1. The molecule has 1 saturated heterocycles. The zero-order chi connectivity index (χ0) is 19.4. The van der Waals surface area contributed by atoms with Gasteiger partial charge in [-0.05, 0) is 55.0 Å². The highest BCUT2D eigenvalue weighted by atomic mass is 35.5. The number of benzene rings is 1. The zero-order valence-corrected chi connectivity index (χ0v) is 17.1. The number of nitrogens with zero attached hydrogens (tertiary/aromatic N) is 3. The van der Waals surface area contributed by atoms with E-state index in [0.717, 1.165) is 54.9 Å². The van der Waals surface area contributed by atoms with Crippen LogP contribution in [0.3, 0.4) is 0 Å². The van der Waals surface area contributed by atoms with Crippen molar-refractivity contribution in [2.24, 2.45) is 5.92 Å². The molecule has 0 saturated carbocycles. The van der Waals surface area contributed by atoms with Crippen LogP contribution in [-0.2, 0) is 17.6 Å². The molecule has 0 radical (unpaired) electrons. The molecular weight excluding hydrogens is 383 g/mol. The Kier molecular flexibility index (Phi) is 6.55. The van der Waals surface area contributed by atoms with Gasteiger partial charge in [-0.2, -0.15) is 0 Å². The summed E-state index contributed by atoms with van der Waals surface area (Å²) in [6.45, 7) is 5.61. The fourth-order valence-electron chi connectivity index (χ4n) is 3.57. The number of nitrogens with one attached hydrogen (secondary N) is 1. The van der Waals surface area contributed by atoms with Crippen molar-refractivity contribution >= 4 is 40.6 Å². The van der Waals surface area contributed by atoms with Gasteiger partial charge in [-0.15, -0.1) is 10.2 Å². The van der Waals surface area contributed by atoms with Crippen molar-refractivity contribution in [2.75, 3.05) is 23.3 Å².